The molecule has 0 saturated carbocycles. The van der Waals surface area contributed by atoms with Gasteiger partial charge < -0.3 is 20.1 Å². The molecular formula is C16H30F3IN4O4S. The van der Waals surface area contributed by atoms with Gasteiger partial charge in [-0.15, -0.1) is 24.0 Å². The van der Waals surface area contributed by atoms with Gasteiger partial charge in [-0.25, -0.2) is 8.42 Å². The number of guanidine groups is 1. The molecule has 0 aliphatic carbocycles. The van der Waals surface area contributed by atoms with Crippen molar-refractivity contribution in [3.8, 4) is 0 Å². The SMILES string of the molecule is CN=C(NCCCOC1CCOCC1)NC1CCN(S(=O)(=O)C(F)(F)F)CC1.I. The lowest BCUT2D eigenvalue weighted by Gasteiger charge is -2.32. The highest BCUT2D eigenvalue weighted by Gasteiger charge is 2.50. The molecule has 0 aromatic rings. The van der Waals surface area contributed by atoms with E-state index >= 15 is 0 Å². The first-order valence-electron chi connectivity index (χ1n) is 9.47. The van der Waals surface area contributed by atoms with Gasteiger partial charge in [0.2, 0.25) is 0 Å². The second kappa shape index (κ2) is 12.5. The van der Waals surface area contributed by atoms with Crippen LogP contribution in [0, 0.1) is 0 Å². The Morgan fingerprint density at radius 1 is 1.21 bits per heavy atom. The van der Waals surface area contributed by atoms with Crippen LogP contribution < -0.4 is 10.6 Å². The first-order valence-corrected chi connectivity index (χ1v) is 10.9. The third-order valence-corrected chi connectivity index (χ3v) is 6.42. The van der Waals surface area contributed by atoms with E-state index < -0.39 is 15.5 Å². The maximum atomic E-state index is 12.6. The number of piperidine rings is 1. The molecule has 0 bridgehead atoms. The van der Waals surface area contributed by atoms with Crippen molar-refractivity contribution in [3.63, 3.8) is 0 Å². The number of sulfonamides is 1. The molecule has 0 aromatic heterocycles. The van der Waals surface area contributed by atoms with Crippen LogP contribution in [0.4, 0.5) is 13.2 Å². The summed E-state index contributed by atoms with van der Waals surface area (Å²) in [6, 6.07) is -0.135. The van der Waals surface area contributed by atoms with E-state index in [2.05, 4.69) is 15.6 Å². The monoisotopic (exact) mass is 558 g/mol. The fourth-order valence-electron chi connectivity index (χ4n) is 3.15. The van der Waals surface area contributed by atoms with E-state index in [1.54, 1.807) is 7.05 Å². The summed E-state index contributed by atoms with van der Waals surface area (Å²) in [7, 11) is -3.64. The number of alkyl halides is 3. The van der Waals surface area contributed by atoms with Gasteiger partial charge in [0.25, 0.3) is 0 Å². The Bertz CT molecular complexity index is 608. The average molecular weight is 558 g/mol. The average Bonchev–Trinajstić information content (AvgIpc) is 2.67. The number of hydrogen-bond acceptors (Lipinski definition) is 5. The second-order valence-electron chi connectivity index (χ2n) is 6.80. The molecule has 172 valence electrons. The number of rotatable bonds is 7. The predicted octanol–water partition coefficient (Wildman–Crippen LogP) is 1.67. The van der Waals surface area contributed by atoms with E-state index in [0.29, 0.717) is 23.4 Å². The van der Waals surface area contributed by atoms with Gasteiger partial charge in [0.1, 0.15) is 0 Å². The van der Waals surface area contributed by atoms with Gasteiger partial charge in [-0.05, 0) is 32.1 Å². The molecule has 2 aliphatic rings. The highest BCUT2D eigenvalue weighted by Crippen LogP contribution is 2.28. The van der Waals surface area contributed by atoms with Gasteiger partial charge >= 0.3 is 15.5 Å². The van der Waals surface area contributed by atoms with Crippen molar-refractivity contribution >= 4 is 40.0 Å². The van der Waals surface area contributed by atoms with Crippen molar-refractivity contribution in [1.82, 2.24) is 14.9 Å². The van der Waals surface area contributed by atoms with Gasteiger partial charge in [-0.1, -0.05) is 0 Å². The Morgan fingerprint density at radius 2 is 1.83 bits per heavy atom. The van der Waals surface area contributed by atoms with Crippen LogP contribution in [0.5, 0.6) is 0 Å². The van der Waals surface area contributed by atoms with Crippen molar-refractivity contribution in [2.45, 2.75) is 49.8 Å². The van der Waals surface area contributed by atoms with Crippen LogP contribution in [0.15, 0.2) is 4.99 Å². The van der Waals surface area contributed by atoms with Crippen LogP contribution in [0.2, 0.25) is 0 Å². The Morgan fingerprint density at radius 3 is 2.38 bits per heavy atom. The smallest absolute Gasteiger partial charge is 0.381 e. The predicted molar refractivity (Wildman–Crippen MR) is 114 cm³/mol. The molecular weight excluding hydrogens is 528 g/mol. The molecule has 2 N–H and O–H groups in total. The van der Waals surface area contributed by atoms with Gasteiger partial charge in [-0.2, -0.15) is 17.5 Å². The maximum absolute atomic E-state index is 12.6. The van der Waals surface area contributed by atoms with Gasteiger partial charge in [0, 0.05) is 52.5 Å². The Hall–Kier alpha value is -0.380. The Balaban J connectivity index is 0.00000420. The minimum atomic E-state index is -5.25. The molecule has 2 heterocycles. The zero-order valence-corrected chi connectivity index (χ0v) is 19.6. The van der Waals surface area contributed by atoms with Crippen molar-refractivity contribution in [2.24, 2.45) is 4.99 Å². The lowest BCUT2D eigenvalue weighted by Crippen LogP contribution is -2.51. The van der Waals surface area contributed by atoms with Gasteiger partial charge in [0.05, 0.1) is 6.10 Å². The summed E-state index contributed by atoms with van der Waals surface area (Å²) in [6.45, 7) is 2.41. The van der Waals surface area contributed by atoms with Crippen LogP contribution in [0.3, 0.4) is 0 Å². The van der Waals surface area contributed by atoms with Crippen LogP contribution in [0.25, 0.3) is 0 Å². The fraction of sp³-hybridized carbons (Fsp3) is 0.938. The summed E-state index contributed by atoms with van der Waals surface area (Å²) in [6.07, 6.45) is 3.44. The highest BCUT2D eigenvalue weighted by molar-refractivity contribution is 14.0. The van der Waals surface area contributed by atoms with E-state index in [1.165, 1.54) is 0 Å². The third kappa shape index (κ3) is 8.34. The number of nitrogens with one attached hydrogen (secondary N) is 2. The summed E-state index contributed by atoms with van der Waals surface area (Å²) in [5.41, 5.74) is -5.25. The van der Waals surface area contributed by atoms with Crippen molar-refractivity contribution in [1.29, 1.82) is 0 Å². The van der Waals surface area contributed by atoms with Crippen LogP contribution in [-0.4, -0.2) is 82.8 Å². The largest absolute Gasteiger partial charge is 0.511 e. The Labute approximate surface area is 187 Å². The molecule has 8 nitrogen and oxygen atoms in total. The summed E-state index contributed by atoms with van der Waals surface area (Å²) >= 11 is 0. The first kappa shape index (κ1) is 26.7. The normalized spacial score (nSPS) is 20.9. The molecule has 13 heteroatoms. The zero-order chi connectivity index (χ0) is 20.6. The summed E-state index contributed by atoms with van der Waals surface area (Å²) in [5.74, 6) is 0.545. The third-order valence-electron chi connectivity index (χ3n) is 4.79. The van der Waals surface area contributed by atoms with Crippen molar-refractivity contribution in [3.05, 3.63) is 0 Å². The van der Waals surface area contributed by atoms with Crippen molar-refractivity contribution in [2.75, 3.05) is 46.5 Å². The summed E-state index contributed by atoms with van der Waals surface area (Å²) in [5, 5.41) is 6.28. The molecule has 2 fully saturated rings. The molecule has 0 aromatic carbocycles. The second-order valence-corrected chi connectivity index (χ2v) is 8.73. The van der Waals surface area contributed by atoms with Crippen LogP contribution in [0.1, 0.15) is 32.1 Å². The fourth-order valence-corrected chi connectivity index (χ4v) is 4.13. The molecule has 0 unspecified atom stereocenters. The molecule has 0 radical (unpaired) electrons. The molecule has 0 atom stereocenters. The summed E-state index contributed by atoms with van der Waals surface area (Å²) in [4.78, 5) is 4.10. The Kier molecular flexibility index (Phi) is 11.5. The molecule has 0 amide bonds. The number of halogens is 4. The van der Waals surface area contributed by atoms with E-state index in [-0.39, 0.29) is 62.1 Å². The minimum absolute atomic E-state index is 0. The lowest BCUT2D eigenvalue weighted by molar-refractivity contribution is -0.0495. The van der Waals surface area contributed by atoms with Crippen LogP contribution >= 0.6 is 24.0 Å². The van der Waals surface area contributed by atoms with E-state index in [9.17, 15) is 21.6 Å². The standard InChI is InChI=1S/C16H29F3N4O4S.HI/c1-20-15(21-7-2-10-27-14-5-11-26-12-6-14)22-13-3-8-23(9-4-13)28(24,25)16(17,18)19;/h13-14H,2-12H2,1H3,(H2,20,21,22);1H. The van der Waals surface area contributed by atoms with Crippen molar-refractivity contribution < 1.29 is 31.1 Å². The molecule has 2 saturated heterocycles. The molecule has 29 heavy (non-hydrogen) atoms. The quantitative estimate of drug-likeness (QED) is 0.214. The zero-order valence-electron chi connectivity index (χ0n) is 16.4. The highest BCUT2D eigenvalue weighted by atomic mass is 127. The van der Waals surface area contributed by atoms with Gasteiger partial charge in [-0.3, -0.25) is 4.99 Å². The topological polar surface area (TPSA) is 92.3 Å². The van der Waals surface area contributed by atoms with Crippen LogP contribution in [-0.2, 0) is 19.5 Å². The summed E-state index contributed by atoms with van der Waals surface area (Å²) < 4.78 is 72.3. The number of hydrogen-bond donors (Lipinski definition) is 2. The molecule has 2 rings (SSSR count). The van der Waals surface area contributed by atoms with E-state index in [1.807, 2.05) is 0 Å². The van der Waals surface area contributed by atoms with E-state index in [4.69, 9.17) is 9.47 Å². The first-order chi connectivity index (χ1) is 13.2. The maximum Gasteiger partial charge on any atom is 0.511 e. The molecule has 0 spiro atoms. The number of ether oxygens (including phenoxy) is 2. The molecule has 2 aliphatic heterocycles. The van der Waals surface area contributed by atoms with Gasteiger partial charge in [0.15, 0.2) is 5.96 Å². The number of aliphatic imine (C=N–C) groups is 1. The number of nitrogens with zero attached hydrogens (tertiary/aromatic N) is 2. The lowest BCUT2D eigenvalue weighted by atomic mass is 10.1. The minimum Gasteiger partial charge on any atom is -0.381 e. The van der Waals surface area contributed by atoms with E-state index in [0.717, 1.165) is 32.5 Å².